The van der Waals surface area contributed by atoms with Gasteiger partial charge in [0, 0.05) is 24.8 Å². The first-order valence-corrected chi connectivity index (χ1v) is 6.19. The molecule has 2 aromatic rings. The van der Waals surface area contributed by atoms with E-state index in [1.165, 1.54) is 5.56 Å². The third-order valence-electron chi connectivity index (χ3n) is 2.63. The highest BCUT2D eigenvalue weighted by atomic mass is 32.1. The molecule has 4 nitrogen and oxygen atoms in total. The molecule has 0 aliphatic heterocycles. The average Bonchev–Trinajstić information content (AvgIpc) is 2.91. The van der Waals surface area contributed by atoms with Crippen LogP contribution in [0.3, 0.4) is 0 Å². The van der Waals surface area contributed by atoms with Crippen molar-refractivity contribution in [1.82, 2.24) is 15.2 Å². The fourth-order valence-corrected chi connectivity index (χ4v) is 2.42. The molecule has 5 heteroatoms. The van der Waals surface area contributed by atoms with Gasteiger partial charge in [0.15, 0.2) is 0 Å². The summed E-state index contributed by atoms with van der Waals surface area (Å²) in [6.07, 6.45) is 5.88. The normalized spacial score (nSPS) is 12.9. The largest absolute Gasteiger partial charge is 0.275 e. The lowest BCUT2D eigenvalue weighted by atomic mass is 10.0. The summed E-state index contributed by atoms with van der Waals surface area (Å²) in [6.45, 7) is 0. The van der Waals surface area contributed by atoms with E-state index in [-0.39, 0.29) is 6.04 Å². The van der Waals surface area contributed by atoms with E-state index in [9.17, 15) is 0 Å². The van der Waals surface area contributed by atoms with Crippen molar-refractivity contribution in [3.8, 4) is 0 Å². The van der Waals surface area contributed by atoms with Gasteiger partial charge in [-0.3, -0.25) is 16.0 Å². The van der Waals surface area contributed by atoms with Crippen LogP contribution >= 0.6 is 11.3 Å². The number of thiophene rings is 1. The first kappa shape index (κ1) is 11.3. The third kappa shape index (κ3) is 2.69. The van der Waals surface area contributed by atoms with Crippen molar-refractivity contribution in [1.29, 1.82) is 0 Å². The zero-order valence-electron chi connectivity index (χ0n) is 9.26. The first-order chi connectivity index (χ1) is 7.79. The number of aromatic nitrogens is 2. The van der Waals surface area contributed by atoms with Gasteiger partial charge in [-0.2, -0.15) is 16.4 Å². The Hall–Kier alpha value is -1.17. The van der Waals surface area contributed by atoms with Crippen molar-refractivity contribution in [3.63, 3.8) is 0 Å². The smallest absolute Gasteiger partial charge is 0.0538 e. The molecule has 0 saturated carbocycles. The van der Waals surface area contributed by atoms with Crippen molar-refractivity contribution in [2.75, 3.05) is 0 Å². The van der Waals surface area contributed by atoms with Gasteiger partial charge in [-0.25, -0.2) is 0 Å². The van der Waals surface area contributed by atoms with Crippen LogP contribution in [0.15, 0.2) is 29.2 Å². The number of nitrogens with zero attached hydrogens (tertiary/aromatic N) is 2. The molecule has 2 aromatic heterocycles. The predicted octanol–water partition coefficient (Wildman–Crippen LogP) is 1.62. The zero-order chi connectivity index (χ0) is 11.4. The van der Waals surface area contributed by atoms with Gasteiger partial charge in [-0.15, -0.1) is 0 Å². The molecule has 0 saturated heterocycles. The molecule has 0 amide bonds. The highest BCUT2D eigenvalue weighted by Gasteiger charge is 2.11. The Bertz CT molecular complexity index is 421. The van der Waals surface area contributed by atoms with Crippen LogP contribution in [-0.4, -0.2) is 9.78 Å². The van der Waals surface area contributed by atoms with Crippen LogP contribution in [0.2, 0.25) is 0 Å². The van der Waals surface area contributed by atoms with Crippen molar-refractivity contribution in [3.05, 3.63) is 40.3 Å². The van der Waals surface area contributed by atoms with Gasteiger partial charge in [0.1, 0.15) is 0 Å². The van der Waals surface area contributed by atoms with E-state index in [4.69, 9.17) is 5.84 Å². The Morgan fingerprint density at radius 2 is 2.50 bits per heavy atom. The number of hydrogen-bond donors (Lipinski definition) is 2. The SMILES string of the molecule is Cn1cc(C(CCc2ccsc2)NN)cn1. The van der Waals surface area contributed by atoms with Crippen LogP contribution in [-0.2, 0) is 13.5 Å². The lowest BCUT2D eigenvalue weighted by molar-refractivity contribution is 0.516. The summed E-state index contributed by atoms with van der Waals surface area (Å²) in [7, 11) is 1.91. The molecular weight excluding hydrogens is 220 g/mol. The lowest BCUT2D eigenvalue weighted by Gasteiger charge is -2.13. The summed E-state index contributed by atoms with van der Waals surface area (Å²) in [6, 6.07) is 2.33. The monoisotopic (exact) mass is 236 g/mol. The summed E-state index contributed by atoms with van der Waals surface area (Å²) in [5.74, 6) is 5.57. The predicted molar refractivity (Wildman–Crippen MR) is 65.9 cm³/mol. The number of nitrogens with two attached hydrogens (primary N) is 1. The van der Waals surface area contributed by atoms with Gasteiger partial charge in [0.05, 0.1) is 6.20 Å². The standard InChI is InChI=1S/C11H16N4S/c1-15-7-10(6-13-15)11(14-12)3-2-9-4-5-16-8-9/h4-8,11,14H,2-3,12H2,1H3. The molecule has 2 heterocycles. The Balaban J connectivity index is 1.96. The average molecular weight is 236 g/mol. The van der Waals surface area contributed by atoms with Crippen molar-refractivity contribution >= 4 is 11.3 Å². The Labute approximate surface area is 99.1 Å². The van der Waals surface area contributed by atoms with E-state index < -0.39 is 0 Å². The van der Waals surface area contributed by atoms with E-state index >= 15 is 0 Å². The van der Waals surface area contributed by atoms with Gasteiger partial charge in [0.25, 0.3) is 0 Å². The van der Waals surface area contributed by atoms with E-state index in [1.807, 2.05) is 19.4 Å². The van der Waals surface area contributed by atoms with E-state index in [0.717, 1.165) is 18.4 Å². The summed E-state index contributed by atoms with van der Waals surface area (Å²) < 4.78 is 1.80. The minimum absolute atomic E-state index is 0.175. The molecule has 0 spiro atoms. The number of rotatable bonds is 5. The van der Waals surface area contributed by atoms with Gasteiger partial charge < -0.3 is 0 Å². The maximum Gasteiger partial charge on any atom is 0.0538 e. The molecular formula is C11H16N4S. The molecule has 86 valence electrons. The summed E-state index contributed by atoms with van der Waals surface area (Å²) >= 11 is 1.73. The second-order valence-electron chi connectivity index (χ2n) is 3.84. The zero-order valence-corrected chi connectivity index (χ0v) is 10.1. The summed E-state index contributed by atoms with van der Waals surface area (Å²) in [5, 5.41) is 8.43. The molecule has 2 rings (SSSR count). The van der Waals surface area contributed by atoms with E-state index in [0.29, 0.717) is 0 Å². The van der Waals surface area contributed by atoms with Gasteiger partial charge in [-0.05, 0) is 35.2 Å². The van der Waals surface area contributed by atoms with Crippen LogP contribution in [0.5, 0.6) is 0 Å². The number of nitrogens with one attached hydrogen (secondary N) is 1. The summed E-state index contributed by atoms with van der Waals surface area (Å²) in [4.78, 5) is 0. The van der Waals surface area contributed by atoms with Gasteiger partial charge in [-0.1, -0.05) is 0 Å². The van der Waals surface area contributed by atoms with Gasteiger partial charge in [0.2, 0.25) is 0 Å². The van der Waals surface area contributed by atoms with Crippen molar-refractivity contribution in [2.24, 2.45) is 12.9 Å². The van der Waals surface area contributed by atoms with Crippen LogP contribution in [0.25, 0.3) is 0 Å². The first-order valence-electron chi connectivity index (χ1n) is 5.25. The Morgan fingerprint density at radius 3 is 3.06 bits per heavy atom. The number of aryl methyl sites for hydroxylation is 2. The maximum absolute atomic E-state index is 5.57. The van der Waals surface area contributed by atoms with Crippen LogP contribution in [0.4, 0.5) is 0 Å². The minimum atomic E-state index is 0.175. The highest BCUT2D eigenvalue weighted by Crippen LogP contribution is 2.18. The molecule has 0 aliphatic carbocycles. The molecule has 0 aliphatic rings. The van der Waals surface area contributed by atoms with Crippen molar-refractivity contribution < 1.29 is 0 Å². The fraction of sp³-hybridized carbons (Fsp3) is 0.364. The van der Waals surface area contributed by atoms with E-state index in [2.05, 4.69) is 27.4 Å². The van der Waals surface area contributed by atoms with Crippen LogP contribution < -0.4 is 11.3 Å². The molecule has 1 atom stereocenters. The van der Waals surface area contributed by atoms with Crippen LogP contribution in [0, 0.1) is 0 Å². The Kier molecular flexibility index (Phi) is 3.71. The summed E-state index contributed by atoms with van der Waals surface area (Å²) in [5.41, 5.74) is 5.35. The van der Waals surface area contributed by atoms with Crippen LogP contribution in [0.1, 0.15) is 23.6 Å². The number of hydrazine groups is 1. The molecule has 0 aromatic carbocycles. The van der Waals surface area contributed by atoms with E-state index in [1.54, 1.807) is 16.0 Å². The molecule has 0 bridgehead atoms. The fourth-order valence-electron chi connectivity index (χ4n) is 1.71. The van der Waals surface area contributed by atoms with Gasteiger partial charge >= 0.3 is 0 Å². The quantitative estimate of drug-likeness (QED) is 0.612. The second kappa shape index (κ2) is 5.25. The second-order valence-corrected chi connectivity index (χ2v) is 4.62. The lowest BCUT2D eigenvalue weighted by Crippen LogP contribution is -2.28. The number of hydrogen-bond acceptors (Lipinski definition) is 4. The minimum Gasteiger partial charge on any atom is -0.275 e. The molecule has 3 N–H and O–H groups in total. The van der Waals surface area contributed by atoms with Crippen molar-refractivity contribution in [2.45, 2.75) is 18.9 Å². The maximum atomic E-state index is 5.57. The molecule has 16 heavy (non-hydrogen) atoms. The molecule has 0 fully saturated rings. The Morgan fingerprint density at radius 1 is 1.62 bits per heavy atom. The topological polar surface area (TPSA) is 55.9 Å². The molecule has 0 radical (unpaired) electrons. The molecule has 1 unspecified atom stereocenters. The highest BCUT2D eigenvalue weighted by molar-refractivity contribution is 7.07. The third-order valence-corrected chi connectivity index (χ3v) is 3.36.